The fourth-order valence-electron chi connectivity index (χ4n) is 1.33. The van der Waals surface area contributed by atoms with Crippen LogP contribution in [0.5, 0.6) is 5.75 Å². The molecule has 0 unspecified atom stereocenters. The molecule has 1 amide bonds. The number of amides is 1. The van der Waals surface area contributed by atoms with Gasteiger partial charge in [0.1, 0.15) is 5.75 Å². The molecule has 0 aromatic heterocycles. The van der Waals surface area contributed by atoms with E-state index in [1.165, 1.54) is 12.1 Å². The lowest BCUT2D eigenvalue weighted by atomic mass is 10.2. The molecule has 0 aliphatic carbocycles. The van der Waals surface area contributed by atoms with Crippen LogP contribution in [0.15, 0.2) is 18.2 Å². The monoisotopic (exact) mass is 251 g/mol. The van der Waals surface area contributed by atoms with E-state index < -0.39 is 0 Å². The van der Waals surface area contributed by atoms with E-state index in [4.69, 9.17) is 18.0 Å². The quantitative estimate of drug-likeness (QED) is 0.624. The molecule has 1 aromatic rings. The van der Waals surface area contributed by atoms with E-state index in [1.54, 1.807) is 6.07 Å². The number of hydrogen-bond acceptors (Lipinski definition) is 2. The summed E-state index contributed by atoms with van der Waals surface area (Å²) >= 11 is 5.65. The zero-order chi connectivity index (χ0) is 12.7. The van der Waals surface area contributed by atoms with Gasteiger partial charge in [0.15, 0.2) is 0 Å². The number of phenolic OH excluding ortho intramolecular Hbond substituents is 1. The third kappa shape index (κ3) is 4.80. The number of halogens is 1. The molecule has 0 fully saturated rings. The summed E-state index contributed by atoms with van der Waals surface area (Å²) in [6.45, 7) is 0. The molecule has 0 saturated carbocycles. The Labute approximate surface area is 106 Å². The molecule has 0 bridgehead atoms. The Morgan fingerprint density at radius 2 is 2.24 bits per heavy atom. The predicted molar refractivity (Wildman–Crippen MR) is 69.0 cm³/mol. The van der Waals surface area contributed by atoms with Gasteiger partial charge in [-0.15, -0.1) is 12.3 Å². The normalized spacial score (nSPS) is 9.65. The van der Waals surface area contributed by atoms with E-state index in [2.05, 4.69) is 11.2 Å². The van der Waals surface area contributed by atoms with Crippen molar-refractivity contribution in [3.05, 3.63) is 23.2 Å². The molecule has 0 radical (unpaired) electrons. The molecule has 4 heteroatoms. The highest BCUT2D eigenvalue weighted by atomic mass is 35.5. The average molecular weight is 252 g/mol. The highest BCUT2D eigenvalue weighted by molar-refractivity contribution is 6.32. The van der Waals surface area contributed by atoms with Gasteiger partial charge in [-0.25, -0.2) is 0 Å². The number of carbonyl (C=O) groups excluding carboxylic acids is 1. The van der Waals surface area contributed by atoms with E-state index in [-0.39, 0.29) is 16.7 Å². The molecule has 0 heterocycles. The molecule has 0 spiro atoms. The van der Waals surface area contributed by atoms with Crippen molar-refractivity contribution in [2.24, 2.45) is 0 Å². The van der Waals surface area contributed by atoms with Gasteiger partial charge >= 0.3 is 0 Å². The van der Waals surface area contributed by atoms with Crippen LogP contribution in [0, 0.1) is 12.3 Å². The third-order valence-corrected chi connectivity index (χ3v) is 2.52. The second-order valence-corrected chi connectivity index (χ2v) is 4.03. The Bertz CT molecular complexity index is 438. The number of anilines is 1. The number of phenols is 1. The highest BCUT2D eigenvalue weighted by Crippen LogP contribution is 2.26. The van der Waals surface area contributed by atoms with Gasteiger partial charge in [0, 0.05) is 24.6 Å². The first-order valence-corrected chi connectivity index (χ1v) is 5.73. The maximum atomic E-state index is 11.5. The molecule has 0 aliphatic rings. The summed E-state index contributed by atoms with van der Waals surface area (Å²) in [6.07, 6.45) is 7.82. The summed E-state index contributed by atoms with van der Waals surface area (Å²) in [5.74, 6) is 2.39. The van der Waals surface area contributed by atoms with Gasteiger partial charge in [0.2, 0.25) is 5.91 Å². The SMILES string of the molecule is C#CCCCCC(=O)Nc1ccc(Cl)c(O)c1. The van der Waals surface area contributed by atoms with Crippen LogP contribution in [0.2, 0.25) is 5.02 Å². The summed E-state index contributed by atoms with van der Waals surface area (Å²) in [7, 11) is 0. The standard InChI is InChI=1S/C13H14ClNO2/c1-2-3-4-5-6-13(17)15-10-7-8-11(14)12(16)9-10/h1,7-9,16H,3-6H2,(H,15,17). The van der Waals surface area contributed by atoms with Crippen molar-refractivity contribution in [3.8, 4) is 18.1 Å². The van der Waals surface area contributed by atoms with Crippen molar-refractivity contribution < 1.29 is 9.90 Å². The predicted octanol–water partition coefficient (Wildman–Crippen LogP) is 3.18. The summed E-state index contributed by atoms with van der Waals surface area (Å²) in [5, 5.41) is 12.3. The van der Waals surface area contributed by atoms with Gasteiger partial charge in [0.05, 0.1) is 5.02 Å². The van der Waals surface area contributed by atoms with Gasteiger partial charge < -0.3 is 10.4 Å². The van der Waals surface area contributed by atoms with E-state index in [1.807, 2.05) is 0 Å². The van der Waals surface area contributed by atoms with Gasteiger partial charge in [-0.05, 0) is 25.0 Å². The van der Waals surface area contributed by atoms with Crippen molar-refractivity contribution in [1.82, 2.24) is 0 Å². The number of benzene rings is 1. The molecule has 0 saturated heterocycles. The number of aromatic hydroxyl groups is 1. The molecular formula is C13H14ClNO2. The Kier molecular flexibility index (Phi) is 5.38. The maximum absolute atomic E-state index is 11.5. The lowest BCUT2D eigenvalue weighted by Gasteiger charge is -2.05. The minimum Gasteiger partial charge on any atom is -0.506 e. The molecule has 1 aromatic carbocycles. The number of hydrogen-bond donors (Lipinski definition) is 2. The molecule has 1 rings (SSSR count). The van der Waals surface area contributed by atoms with Gasteiger partial charge in [-0.1, -0.05) is 11.6 Å². The van der Waals surface area contributed by atoms with Crippen molar-refractivity contribution in [2.75, 3.05) is 5.32 Å². The first kappa shape index (κ1) is 13.4. The third-order valence-electron chi connectivity index (χ3n) is 2.20. The summed E-state index contributed by atoms with van der Waals surface area (Å²) in [6, 6.07) is 4.59. The van der Waals surface area contributed by atoms with Crippen LogP contribution >= 0.6 is 11.6 Å². The average Bonchev–Trinajstić information content (AvgIpc) is 2.30. The van der Waals surface area contributed by atoms with E-state index in [0.29, 0.717) is 18.5 Å². The Morgan fingerprint density at radius 1 is 1.47 bits per heavy atom. The van der Waals surface area contributed by atoms with Crippen molar-refractivity contribution in [1.29, 1.82) is 0 Å². The van der Waals surface area contributed by atoms with Crippen LogP contribution < -0.4 is 5.32 Å². The second kappa shape index (κ2) is 6.82. The summed E-state index contributed by atoms with van der Waals surface area (Å²) in [5.41, 5.74) is 0.536. The van der Waals surface area contributed by atoms with E-state index >= 15 is 0 Å². The number of nitrogens with one attached hydrogen (secondary N) is 1. The van der Waals surface area contributed by atoms with Crippen LogP contribution in [0.25, 0.3) is 0 Å². The number of unbranched alkanes of at least 4 members (excludes halogenated alkanes) is 2. The molecule has 2 N–H and O–H groups in total. The van der Waals surface area contributed by atoms with E-state index in [0.717, 1.165) is 12.8 Å². The van der Waals surface area contributed by atoms with E-state index in [9.17, 15) is 9.90 Å². The largest absolute Gasteiger partial charge is 0.506 e. The van der Waals surface area contributed by atoms with Gasteiger partial charge in [-0.3, -0.25) is 4.79 Å². The van der Waals surface area contributed by atoms with Crippen molar-refractivity contribution in [2.45, 2.75) is 25.7 Å². The molecule has 90 valence electrons. The fraction of sp³-hybridized carbons (Fsp3) is 0.308. The van der Waals surface area contributed by atoms with Crippen molar-refractivity contribution >= 4 is 23.2 Å². The Balaban J connectivity index is 2.40. The highest BCUT2D eigenvalue weighted by Gasteiger charge is 2.04. The van der Waals surface area contributed by atoms with Crippen LogP contribution in [0.3, 0.4) is 0 Å². The molecule has 17 heavy (non-hydrogen) atoms. The topological polar surface area (TPSA) is 49.3 Å². The number of carbonyl (C=O) groups is 1. The number of rotatable bonds is 5. The lowest BCUT2D eigenvalue weighted by molar-refractivity contribution is -0.116. The van der Waals surface area contributed by atoms with Crippen LogP contribution in [-0.2, 0) is 4.79 Å². The summed E-state index contributed by atoms with van der Waals surface area (Å²) < 4.78 is 0. The maximum Gasteiger partial charge on any atom is 0.224 e. The Hall–Kier alpha value is -1.66. The minimum absolute atomic E-state index is 0.0446. The second-order valence-electron chi connectivity index (χ2n) is 3.63. The van der Waals surface area contributed by atoms with Gasteiger partial charge in [0.25, 0.3) is 0 Å². The first-order valence-electron chi connectivity index (χ1n) is 5.35. The molecular weight excluding hydrogens is 238 g/mol. The lowest BCUT2D eigenvalue weighted by Crippen LogP contribution is -2.10. The van der Waals surface area contributed by atoms with Crippen LogP contribution in [0.4, 0.5) is 5.69 Å². The van der Waals surface area contributed by atoms with Crippen LogP contribution in [0.1, 0.15) is 25.7 Å². The van der Waals surface area contributed by atoms with Crippen molar-refractivity contribution in [3.63, 3.8) is 0 Å². The zero-order valence-electron chi connectivity index (χ0n) is 9.37. The molecule has 3 nitrogen and oxygen atoms in total. The number of terminal acetylenes is 1. The molecule has 0 atom stereocenters. The minimum atomic E-state index is -0.0938. The first-order chi connectivity index (χ1) is 8.13. The smallest absolute Gasteiger partial charge is 0.224 e. The Morgan fingerprint density at radius 3 is 2.88 bits per heavy atom. The summed E-state index contributed by atoms with van der Waals surface area (Å²) in [4.78, 5) is 11.5. The molecule has 0 aliphatic heterocycles. The van der Waals surface area contributed by atoms with Crippen LogP contribution in [-0.4, -0.2) is 11.0 Å². The zero-order valence-corrected chi connectivity index (χ0v) is 10.1. The van der Waals surface area contributed by atoms with Gasteiger partial charge in [-0.2, -0.15) is 0 Å². The fourth-order valence-corrected chi connectivity index (χ4v) is 1.44.